The second-order valence-electron chi connectivity index (χ2n) is 7.78. The third kappa shape index (κ3) is 4.98. The molecule has 1 heterocycles. The Hall–Kier alpha value is -2.04. The summed E-state index contributed by atoms with van der Waals surface area (Å²) in [6, 6.07) is 6.90. The van der Waals surface area contributed by atoms with Crippen molar-refractivity contribution in [1.29, 1.82) is 0 Å². The van der Waals surface area contributed by atoms with E-state index in [0.717, 1.165) is 11.3 Å². The number of esters is 1. The molecule has 0 saturated carbocycles. The summed E-state index contributed by atoms with van der Waals surface area (Å²) in [6.07, 6.45) is 1.19. The molecule has 0 radical (unpaired) electrons. The molecule has 0 fully saturated rings. The number of rotatable bonds is 5. The van der Waals surface area contributed by atoms with E-state index < -0.39 is 11.6 Å². The van der Waals surface area contributed by atoms with Crippen molar-refractivity contribution >= 4 is 17.6 Å². The highest BCUT2D eigenvalue weighted by Crippen LogP contribution is 2.25. The first-order chi connectivity index (χ1) is 11.2. The van der Waals surface area contributed by atoms with Gasteiger partial charge < -0.3 is 15.4 Å². The minimum absolute atomic E-state index is 0.164. The highest BCUT2D eigenvalue weighted by atomic mass is 16.6. The number of carbonyl (C=O) groups excluding carboxylic acids is 2. The average molecular weight is 332 g/mol. The number of hydrogen-bond acceptors (Lipinski definition) is 4. The molecule has 0 bridgehead atoms. The lowest BCUT2D eigenvalue weighted by atomic mass is 10.0. The number of nitrogens with one attached hydrogen (secondary N) is 2. The SMILES string of the molecule is CC(C)C[C@H](NC(=O)[C@@H]1Cc2ccccc2N1)C(=O)OC(C)(C)C. The van der Waals surface area contributed by atoms with Crippen molar-refractivity contribution in [2.24, 2.45) is 5.92 Å². The molecule has 132 valence electrons. The van der Waals surface area contributed by atoms with Crippen molar-refractivity contribution in [3.8, 4) is 0 Å². The molecule has 1 amide bonds. The molecule has 1 aromatic rings. The van der Waals surface area contributed by atoms with Crippen molar-refractivity contribution in [2.75, 3.05) is 5.32 Å². The fourth-order valence-electron chi connectivity index (χ4n) is 2.79. The number of ether oxygens (including phenoxy) is 1. The van der Waals surface area contributed by atoms with Gasteiger partial charge in [0.2, 0.25) is 5.91 Å². The molecule has 0 unspecified atom stereocenters. The molecule has 1 aliphatic heterocycles. The summed E-state index contributed by atoms with van der Waals surface area (Å²) in [5.74, 6) is -0.265. The molecule has 0 spiro atoms. The van der Waals surface area contributed by atoms with Crippen LogP contribution < -0.4 is 10.6 Å². The molecular weight excluding hydrogens is 304 g/mol. The van der Waals surface area contributed by atoms with Gasteiger partial charge in [0.25, 0.3) is 0 Å². The maximum absolute atomic E-state index is 12.6. The summed E-state index contributed by atoms with van der Waals surface area (Å²) in [6.45, 7) is 9.53. The Labute approximate surface area is 144 Å². The maximum atomic E-state index is 12.6. The Morgan fingerprint density at radius 2 is 1.96 bits per heavy atom. The van der Waals surface area contributed by atoms with Crippen LogP contribution in [0, 0.1) is 5.92 Å². The van der Waals surface area contributed by atoms with Crippen LogP contribution in [0.4, 0.5) is 5.69 Å². The second-order valence-corrected chi connectivity index (χ2v) is 7.78. The minimum Gasteiger partial charge on any atom is -0.458 e. The van der Waals surface area contributed by atoms with Gasteiger partial charge in [-0.3, -0.25) is 4.79 Å². The number of carbonyl (C=O) groups is 2. The quantitative estimate of drug-likeness (QED) is 0.814. The summed E-state index contributed by atoms with van der Waals surface area (Å²) in [7, 11) is 0. The largest absolute Gasteiger partial charge is 0.458 e. The molecule has 2 N–H and O–H groups in total. The summed E-state index contributed by atoms with van der Waals surface area (Å²) in [4.78, 5) is 25.0. The molecular formula is C19H28N2O3. The molecule has 0 aromatic heterocycles. The third-order valence-corrected chi connectivity index (χ3v) is 3.80. The van der Waals surface area contributed by atoms with Gasteiger partial charge in [-0.25, -0.2) is 4.79 Å². The highest BCUT2D eigenvalue weighted by molar-refractivity contribution is 5.91. The van der Waals surface area contributed by atoms with Crippen LogP contribution in [0.15, 0.2) is 24.3 Å². The van der Waals surface area contributed by atoms with Crippen LogP contribution in [-0.2, 0) is 20.7 Å². The third-order valence-electron chi connectivity index (χ3n) is 3.80. The smallest absolute Gasteiger partial charge is 0.329 e. The van der Waals surface area contributed by atoms with Gasteiger partial charge in [0.15, 0.2) is 0 Å². The van der Waals surface area contributed by atoms with Crippen molar-refractivity contribution < 1.29 is 14.3 Å². The predicted octanol–water partition coefficient (Wildman–Crippen LogP) is 2.90. The lowest BCUT2D eigenvalue weighted by Gasteiger charge is -2.26. The van der Waals surface area contributed by atoms with Crippen LogP contribution in [0.2, 0.25) is 0 Å². The summed E-state index contributed by atoms with van der Waals surface area (Å²) in [5.41, 5.74) is 1.53. The van der Waals surface area contributed by atoms with E-state index in [4.69, 9.17) is 4.74 Å². The van der Waals surface area contributed by atoms with E-state index in [-0.39, 0.29) is 23.8 Å². The lowest BCUT2D eigenvalue weighted by Crippen LogP contribution is -2.49. The van der Waals surface area contributed by atoms with E-state index in [1.165, 1.54) is 0 Å². The number of hydrogen-bond donors (Lipinski definition) is 2. The molecule has 0 saturated heterocycles. The fourth-order valence-corrected chi connectivity index (χ4v) is 2.79. The lowest BCUT2D eigenvalue weighted by molar-refractivity contribution is -0.159. The normalized spacial score (nSPS) is 17.8. The van der Waals surface area contributed by atoms with Gasteiger partial charge in [0.05, 0.1) is 0 Å². The Morgan fingerprint density at radius 3 is 2.54 bits per heavy atom. The predicted molar refractivity (Wildman–Crippen MR) is 94.8 cm³/mol. The Bertz CT molecular complexity index is 580. The van der Waals surface area contributed by atoms with Gasteiger partial charge in [0, 0.05) is 12.1 Å². The van der Waals surface area contributed by atoms with Gasteiger partial charge in [-0.2, -0.15) is 0 Å². The number of benzene rings is 1. The molecule has 24 heavy (non-hydrogen) atoms. The van der Waals surface area contributed by atoms with E-state index >= 15 is 0 Å². The van der Waals surface area contributed by atoms with E-state index in [1.807, 2.05) is 58.9 Å². The number of anilines is 1. The molecule has 1 aromatic carbocycles. The standard InChI is InChI=1S/C19H28N2O3/c1-12(2)10-16(18(23)24-19(3,4)5)21-17(22)15-11-13-8-6-7-9-14(13)20-15/h6-9,12,15-16,20H,10-11H2,1-5H3,(H,21,22)/t15-,16-/m0/s1. The van der Waals surface area contributed by atoms with Crippen LogP contribution >= 0.6 is 0 Å². The van der Waals surface area contributed by atoms with Gasteiger partial charge >= 0.3 is 5.97 Å². The van der Waals surface area contributed by atoms with Crippen LogP contribution in [0.25, 0.3) is 0 Å². The van der Waals surface area contributed by atoms with Gasteiger partial charge in [-0.05, 0) is 44.7 Å². The molecule has 0 aliphatic carbocycles. The van der Waals surface area contributed by atoms with Gasteiger partial charge in [-0.15, -0.1) is 0 Å². The molecule has 2 rings (SSSR count). The zero-order valence-corrected chi connectivity index (χ0v) is 15.2. The Balaban J connectivity index is 2.01. The highest BCUT2D eigenvalue weighted by Gasteiger charge is 2.32. The first-order valence-corrected chi connectivity index (χ1v) is 8.53. The molecule has 5 heteroatoms. The van der Waals surface area contributed by atoms with Crippen molar-refractivity contribution in [3.63, 3.8) is 0 Å². The van der Waals surface area contributed by atoms with Crippen molar-refractivity contribution in [2.45, 2.75) is 65.1 Å². The molecule has 1 aliphatic rings. The minimum atomic E-state index is -0.623. The van der Waals surface area contributed by atoms with Gasteiger partial charge in [-0.1, -0.05) is 32.0 Å². The van der Waals surface area contributed by atoms with Crippen LogP contribution in [-0.4, -0.2) is 29.6 Å². The molecule has 5 nitrogen and oxygen atoms in total. The average Bonchev–Trinajstić information content (AvgIpc) is 2.88. The van der Waals surface area contributed by atoms with Crippen LogP contribution in [0.3, 0.4) is 0 Å². The maximum Gasteiger partial charge on any atom is 0.329 e. The van der Waals surface area contributed by atoms with Crippen molar-refractivity contribution in [3.05, 3.63) is 29.8 Å². The summed E-state index contributed by atoms with van der Waals surface area (Å²) >= 11 is 0. The van der Waals surface area contributed by atoms with Crippen LogP contribution in [0.1, 0.15) is 46.6 Å². The Morgan fingerprint density at radius 1 is 1.29 bits per heavy atom. The summed E-state index contributed by atoms with van der Waals surface area (Å²) < 4.78 is 5.45. The van der Waals surface area contributed by atoms with Crippen molar-refractivity contribution in [1.82, 2.24) is 5.32 Å². The van der Waals surface area contributed by atoms with Gasteiger partial charge in [0.1, 0.15) is 17.7 Å². The zero-order valence-electron chi connectivity index (χ0n) is 15.2. The van der Waals surface area contributed by atoms with Crippen LogP contribution in [0.5, 0.6) is 0 Å². The summed E-state index contributed by atoms with van der Waals surface area (Å²) in [5, 5.41) is 6.09. The monoisotopic (exact) mass is 332 g/mol. The van der Waals surface area contributed by atoms with E-state index in [1.54, 1.807) is 0 Å². The fraction of sp³-hybridized carbons (Fsp3) is 0.579. The van der Waals surface area contributed by atoms with E-state index in [0.29, 0.717) is 12.8 Å². The molecule has 2 atom stereocenters. The number of fused-ring (bicyclic) bond motifs is 1. The van der Waals surface area contributed by atoms with E-state index in [9.17, 15) is 9.59 Å². The number of para-hydroxylation sites is 1. The first-order valence-electron chi connectivity index (χ1n) is 8.53. The topological polar surface area (TPSA) is 67.4 Å². The first kappa shape index (κ1) is 18.3. The van der Waals surface area contributed by atoms with E-state index in [2.05, 4.69) is 10.6 Å². The second kappa shape index (κ2) is 7.24. The Kier molecular flexibility index (Phi) is 5.52. The number of amides is 1. The zero-order chi connectivity index (χ0) is 17.9.